The Morgan fingerprint density at radius 3 is 2.95 bits per heavy atom. The van der Waals surface area contributed by atoms with Crippen molar-refractivity contribution >= 4 is 11.3 Å². The van der Waals surface area contributed by atoms with Crippen LogP contribution in [0.4, 0.5) is 0 Å². The standard InChI is InChI=1S/C17H27NOS/c1-2-18-16(15-7-6-12-20-15)14-8-11-19-17(13-14)9-4-3-5-10-17/h6-7,12,14,16,18H,2-5,8-11,13H2,1H3. The molecule has 2 nitrogen and oxygen atoms in total. The third-order valence-corrected chi connectivity index (χ3v) is 6.00. The van der Waals surface area contributed by atoms with Crippen LogP contribution >= 0.6 is 11.3 Å². The Hall–Kier alpha value is -0.380. The predicted octanol–water partition coefficient (Wildman–Crippen LogP) is 4.53. The van der Waals surface area contributed by atoms with Gasteiger partial charge in [0, 0.05) is 17.5 Å². The zero-order valence-electron chi connectivity index (χ0n) is 12.6. The first-order chi connectivity index (χ1) is 9.83. The molecule has 1 aromatic rings. The summed E-state index contributed by atoms with van der Waals surface area (Å²) in [5.41, 5.74) is 0.214. The minimum atomic E-state index is 0.214. The molecular weight excluding hydrogens is 266 g/mol. The maximum atomic E-state index is 6.26. The predicted molar refractivity (Wildman–Crippen MR) is 85.2 cm³/mol. The SMILES string of the molecule is CCNC(c1cccs1)C1CCOC2(CCCCC2)C1. The molecule has 3 heteroatoms. The zero-order chi connectivity index (χ0) is 13.8. The first kappa shape index (κ1) is 14.6. The van der Waals surface area contributed by atoms with E-state index in [1.807, 2.05) is 11.3 Å². The highest BCUT2D eigenvalue weighted by Crippen LogP contribution is 2.44. The van der Waals surface area contributed by atoms with E-state index < -0.39 is 0 Å². The van der Waals surface area contributed by atoms with E-state index in [1.165, 1.54) is 49.8 Å². The molecule has 2 aliphatic rings. The van der Waals surface area contributed by atoms with E-state index in [1.54, 1.807) is 0 Å². The summed E-state index contributed by atoms with van der Waals surface area (Å²) >= 11 is 1.90. The summed E-state index contributed by atoms with van der Waals surface area (Å²) in [5, 5.41) is 5.94. The molecule has 0 aromatic carbocycles. The minimum Gasteiger partial charge on any atom is -0.375 e. The van der Waals surface area contributed by atoms with E-state index in [0.717, 1.165) is 19.1 Å². The van der Waals surface area contributed by atoms with E-state index in [0.29, 0.717) is 6.04 Å². The fraction of sp³-hybridized carbons (Fsp3) is 0.765. The number of ether oxygens (including phenoxy) is 1. The first-order valence-electron chi connectivity index (χ1n) is 8.24. The lowest BCUT2D eigenvalue weighted by molar-refractivity contribution is -0.121. The van der Waals surface area contributed by atoms with Gasteiger partial charge in [0.2, 0.25) is 0 Å². The molecule has 20 heavy (non-hydrogen) atoms. The maximum Gasteiger partial charge on any atom is 0.0686 e. The monoisotopic (exact) mass is 293 g/mol. The molecule has 112 valence electrons. The summed E-state index contributed by atoms with van der Waals surface area (Å²) in [6.45, 7) is 4.22. The Bertz CT molecular complexity index is 392. The fourth-order valence-electron chi connectivity index (χ4n) is 4.08. The van der Waals surface area contributed by atoms with Crippen LogP contribution in [0, 0.1) is 5.92 Å². The van der Waals surface area contributed by atoms with Gasteiger partial charge in [-0.05, 0) is 49.6 Å². The highest BCUT2D eigenvalue weighted by Gasteiger charge is 2.41. The highest BCUT2D eigenvalue weighted by molar-refractivity contribution is 7.10. The number of thiophene rings is 1. The van der Waals surface area contributed by atoms with Crippen LogP contribution in [0.5, 0.6) is 0 Å². The van der Waals surface area contributed by atoms with E-state index >= 15 is 0 Å². The largest absolute Gasteiger partial charge is 0.375 e. The van der Waals surface area contributed by atoms with Crippen molar-refractivity contribution in [1.82, 2.24) is 5.32 Å². The summed E-state index contributed by atoms with van der Waals surface area (Å²) < 4.78 is 6.26. The number of hydrogen-bond acceptors (Lipinski definition) is 3. The molecule has 2 unspecified atom stereocenters. The van der Waals surface area contributed by atoms with E-state index in [4.69, 9.17) is 4.74 Å². The van der Waals surface area contributed by atoms with Crippen LogP contribution in [0.2, 0.25) is 0 Å². The smallest absolute Gasteiger partial charge is 0.0686 e. The van der Waals surface area contributed by atoms with Gasteiger partial charge in [-0.25, -0.2) is 0 Å². The molecule has 2 atom stereocenters. The second kappa shape index (κ2) is 6.59. The average molecular weight is 293 g/mol. The molecule has 3 rings (SSSR count). The molecule has 1 aromatic heterocycles. The van der Waals surface area contributed by atoms with Crippen molar-refractivity contribution in [3.63, 3.8) is 0 Å². The lowest BCUT2D eigenvalue weighted by Gasteiger charge is -2.45. The molecule has 1 spiro atoms. The Kier molecular flexibility index (Phi) is 4.79. The van der Waals surface area contributed by atoms with Gasteiger partial charge in [-0.1, -0.05) is 32.3 Å². The number of nitrogens with one attached hydrogen (secondary N) is 1. The van der Waals surface area contributed by atoms with Crippen molar-refractivity contribution in [2.45, 2.75) is 63.5 Å². The zero-order valence-corrected chi connectivity index (χ0v) is 13.4. The average Bonchev–Trinajstić information content (AvgIpc) is 2.99. The number of rotatable bonds is 4. The topological polar surface area (TPSA) is 21.3 Å². The Morgan fingerprint density at radius 1 is 1.40 bits per heavy atom. The molecule has 2 fully saturated rings. The second-order valence-electron chi connectivity index (χ2n) is 6.40. The normalized spacial score (nSPS) is 27.6. The van der Waals surface area contributed by atoms with Crippen LogP contribution < -0.4 is 5.32 Å². The van der Waals surface area contributed by atoms with Gasteiger partial charge in [0.05, 0.1) is 5.60 Å². The molecule has 1 aliphatic heterocycles. The van der Waals surface area contributed by atoms with Crippen LogP contribution in [0.25, 0.3) is 0 Å². The van der Waals surface area contributed by atoms with Crippen molar-refractivity contribution < 1.29 is 4.74 Å². The van der Waals surface area contributed by atoms with Gasteiger partial charge in [-0.2, -0.15) is 0 Å². The van der Waals surface area contributed by atoms with Gasteiger partial charge in [-0.3, -0.25) is 0 Å². The van der Waals surface area contributed by atoms with E-state index in [2.05, 4.69) is 29.8 Å². The Labute approximate surface area is 126 Å². The van der Waals surface area contributed by atoms with Gasteiger partial charge >= 0.3 is 0 Å². The van der Waals surface area contributed by atoms with Gasteiger partial charge in [-0.15, -0.1) is 11.3 Å². The molecule has 0 amide bonds. The van der Waals surface area contributed by atoms with Crippen molar-refractivity contribution in [3.05, 3.63) is 22.4 Å². The van der Waals surface area contributed by atoms with Gasteiger partial charge in [0.15, 0.2) is 0 Å². The fourth-order valence-corrected chi connectivity index (χ4v) is 4.98. The molecular formula is C17H27NOS. The van der Waals surface area contributed by atoms with Crippen LogP contribution in [-0.2, 0) is 4.74 Å². The van der Waals surface area contributed by atoms with Crippen molar-refractivity contribution in [2.75, 3.05) is 13.2 Å². The van der Waals surface area contributed by atoms with Crippen LogP contribution in [0.1, 0.15) is 62.8 Å². The van der Waals surface area contributed by atoms with Crippen LogP contribution in [0.15, 0.2) is 17.5 Å². The van der Waals surface area contributed by atoms with Crippen molar-refractivity contribution in [2.24, 2.45) is 5.92 Å². The summed E-state index contributed by atoms with van der Waals surface area (Å²) in [6.07, 6.45) is 9.14. The Balaban J connectivity index is 1.73. The first-order valence-corrected chi connectivity index (χ1v) is 9.12. The van der Waals surface area contributed by atoms with Gasteiger partial charge in [0.25, 0.3) is 0 Å². The lowest BCUT2D eigenvalue weighted by Crippen LogP contribution is -2.44. The molecule has 0 radical (unpaired) electrons. The second-order valence-corrected chi connectivity index (χ2v) is 7.38. The van der Waals surface area contributed by atoms with E-state index in [9.17, 15) is 0 Å². The number of hydrogen-bond donors (Lipinski definition) is 1. The summed E-state index contributed by atoms with van der Waals surface area (Å²) in [6, 6.07) is 5.00. The summed E-state index contributed by atoms with van der Waals surface area (Å²) in [7, 11) is 0. The third-order valence-electron chi connectivity index (χ3n) is 5.04. The molecule has 1 N–H and O–H groups in total. The summed E-state index contributed by atoms with van der Waals surface area (Å²) in [4.78, 5) is 1.50. The quantitative estimate of drug-likeness (QED) is 0.880. The van der Waals surface area contributed by atoms with Crippen molar-refractivity contribution in [1.29, 1.82) is 0 Å². The van der Waals surface area contributed by atoms with Crippen LogP contribution in [0.3, 0.4) is 0 Å². The minimum absolute atomic E-state index is 0.214. The molecule has 1 saturated carbocycles. The lowest BCUT2D eigenvalue weighted by atomic mass is 9.74. The molecule has 1 saturated heterocycles. The highest BCUT2D eigenvalue weighted by atomic mass is 32.1. The van der Waals surface area contributed by atoms with Gasteiger partial charge < -0.3 is 10.1 Å². The third kappa shape index (κ3) is 3.10. The Morgan fingerprint density at radius 2 is 2.25 bits per heavy atom. The molecule has 0 bridgehead atoms. The molecule has 2 heterocycles. The molecule has 1 aliphatic carbocycles. The maximum absolute atomic E-state index is 6.26. The van der Waals surface area contributed by atoms with Crippen molar-refractivity contribution in [3.8, 4) is 0 Å². The van der Waals surface area contributed by atoms with Gasteiger partial charge in [0.1, 0.15) is 0 Å². The van der Waals surface area contributed by atoms with Crippen LogP contribution in [-0.4, -0.2) is 18.8 Å². The van der Waals surface area contributed by atoms with E-state index in [-0.39, 0.29) is 5.60 Å². The summed E-state index contributed by atoms with van der Waals surface area (Å²) in [5.74, 6) is 0.737.